The third kappa shape index (κ3) is 3.26. The third-order valence-corrected chi connectivity index (χ3v) is 3.56. The summed E-state index contributed by atoms with van der Waals surface area (Å²) < 4.78 is 5.81. The Labute approximate surface area is 131 Å². The topological polar surface area (TPSA) is 25.4 Å². The summed E-state index contributed by atoms with van der Waals surface area (Å²) in [5.74, 6) is 0.983. The van der Waals surface area contributed by atoms with Gasteiger partial charge < -0.3 is 9.64 Å². The average molecular weight is 292 g/mol. The number of aromatic nitrogens is 1. The van der Waals surface area contributed by atoms with Gasteiger partial charge in [-0.2, -0.15) is 0 Å². The Hall–Kier alpha value is -2.39. The highest BCUT2D eigenvalue weighted by Crippen LogP contribution is 2.24. The van der Waals surface area contributed by atoms with E-state index in [9.17, 15) is 0 Å². The van der Waals surface area contributed by atoms with E-state index in [0.717, 1.165) is 11.5 Å². The van der Waals surface area contributed by atoms with E-state index < -0.39 is 0 Å². The number of benzene rings is 2. The van der Waals surface area contributed by atoms with Gasteiger partial charge in [0.1, 0.15) is 5.82 Å². The lowest BCUT2D eigenvalue weighted by molar-refractivity contribution is 0.105. The van der Waals surface area contributed by atoms with Crippen molar-refractivity contribution >= 4 is 16.6 Å². The van der Waals surface area contributed by atoms with Gasteiger partial charge in [0.15, 0.2) is 0 Å². The van der Waals surface area contributed by atoms with Gasteiger partial charge in [0.2, 0.25) is 0 Å². The summed E-state index contributed by atoms with van der Waals surface area (Å²) in [7, 11) is 4.03. The van der Waals surface area contributed by atoms with Crippen LogP contribution in [-0.4, -0.2) is 19.1 Å². The third-order valence-electron chi connectivity index (χ3n) is 3.56. The number of fused-ring (bicyclic) bond motifs is 1. The van der Waals surface area contributed by atoms with Crippen LogP contribution in [0.15, 0.2) is 60.7 Å². The first-order valence-electron chi connectivity index (χ1n) is 7.42. The molecule has 3 heteroatoms. The Balaban J connectivity index is 1.79. The van der Waals surface area contributed by atoms with Gasteiger partial charge in [-0.05, 0) is 17.0 Å². The fourth-order valence-corrected chi connectivity index (χ4v) is 2.50. The average Bonchev–Trinajstić information content (AvgIpc) is 2.55. The van der Waals surface area contributed by atoms with Crippen LogP contribution in [-0.2, 0) is 18.0 Å². The normalized spacial score (nSPS) is 10.8. The predicted molar refractivity (Wildman–Crippen MR) is 91.0 cm³/mol. The zero-order valence-corrected chi connectivity index (χ0v) is 13.0. The van der Waals surface area contributed by atoms with Crippen molar-refractivity contribution < 1.29 is 4.74 Å². The molecule has 0 aliphatic heterocycles. The summed E-state index contributed by atoms with van der Waals surface area (Å²) in [5, 5.41) is 2.36. The SMILES string of the molecule is CN(C)c1nc(COCc2ccccc2)cc2ccccc12. The van der Waals surface area contributed by atoms with Crippen LogP contribution < -0.4 is 4.90 Å². The molecule has 3 aromatic rings. The fourth-order valence-electron chi connectivity index (χ4n) is 2.50. The number of ether oxygens (including phenoxy) is 1. The smallest absolute Gasteiger partial charge is 0.136 e. The Morgan fingerprint density at radius 2 is 1.64 bits per heavy atom. The zero-order valence-electron chi connectivity index (χ0n) is 13.0. The minimum absolute atomic E-state index is 0.514. The van der Waals surface area contributed by atoms with Gasteiger partial charge in [-0.3, -0.25) is 0 Å². The summed E-state index contributed by atoms with van der Waals surface area (Å²) >= 11 is 0. The van der Waals surface area contributed by atoms with E-state index in [0.29, 0.717) is 13.2 Å². The predicted octanol–water partition coefficient (Wildman–Crippen LogP) is 4.02. The molecule has 0 saturated heterocycles. The lowest BCUT2D eigenvalue weighted by atomic mass is 10.1. The molecule has 0 aliphatic carbocycles. The maximum absolute atomic E-state index is 5.81. The van der Waals surface area contributed by atoms with Crippen LogP contribution in [0.25, 0.3) is 10.8 Å². The molecule has 1 aromatic heterocycles. The summed E-state index contributed by atoms with van der Waals surface area (Å²) in [5.41, 5.74) is 2.13. The molecule has 1 heterocycles. The van der Waals surface area contributed by atoms with Crippen LogP contribution in [0.3, 0.4) is 0 Å². The first-order chi connectivity index (χ1) is 10.7. The van der Waals surface area contributed by atoms with Crippen LogP contribution in [0, 0.1) is 0 Å². The number of hydrogen-bond donors (Lipinski definition) is 0. The highest BCUT2D eigenvalue weighted by molar-refractivity contribution is 5.92. The lowest BCUT2D eigenvalue weighted by Gasteiger charge is -2.16. The Bertz CT molecular complexity index is 754. The number of pyridine rings is 1. The lowest BCUT2D eigenvalue weighted by Crippen LogP contribution is -2.12. The Kier molecular flexibility index (Phi) is 4.35. The summed E-state index contributed by atoms with van der Waals surface area (Å²) in [6.45, 7) is 1.12. The molecule has 0 unspecified atom stereocenters. The Morgan fingerprint density at radius 1 is 0.909 bits per heavy atom. The highest BCUT2D eigenvalue weighted by atomic mass is 16.5. The van der Waals surface area contributed by atoms with Crippen molar-refractivity contribution in [1.82, 2.24) is 4.98 Å². The largest absolute Gasteiger partial charge is 0.370 e. The molecule has 0 radical (unpaired) electrons. The van der Waals surface area contributed by atoms with Crippen LogP contribution in [0.4, 0.5) is 5.82 Å². The van der Waals surface area contributed by atoms with Gasteiger partial charge >= 0.3 is 0 Å². The number of anilines is 1. The molecule has 0 atom stereocenters. The van der Waals surface area contributed by atoms with Gasteiger partial charge in [0, 0.05) is 19.5 Å². The van der Waals surface area contributed by atoms with Gasteiger partial charge in [-0.15, -0.1) is 0 Å². The highest BCUT2D eigenvalue weighted by Gasteiger charge is 2.07. The molecule has 3 rings (SSSR count). The van der Waals surface area contributed by atoms with Crippen molar-refractivity contribution in [2.24, 2.45) is 0 Å². The molecule has 0 saturated carbocycles. The van der Waals surface area contributed by atoms with Crippen LogP contribution in [0.5, 0.6) is 0 Å². The van der Waals surface area contributed by atoms with Crippen LogP contribution in [0.2, 0.25) is 0 Å². The second kappa shape index (κ2) is 6.58. The first kappa shape index (κ1) is 14.5. The van der Waals surface area contributed by atoms with Crippen molar-refractivity contribution in [3.05, 3.63) is 71.9 Å². The van der Waals surface area contributed by atoms with Crippen LogP contribution in [0.1, 0.15) is 11.3 Å². The minimum Gasteiger partial charge on any atom is -0.370 e. The molecular weight excluding hydrogens is 272 g/mol. The number of hydrogen-bond acceptors (Lipinski definition) is 3. The van der Waals surface area contributed by atoms with Gasteiger partial charge in [0.25, 0.3) is 0 Å². The molecular formula is C19H20N2O. The van der Waals surface area contributed by atoms with E-state index in [4.69, 9.17) is 9.72 Å². The maximum atomic E-state index is 5.81. The van der Waals surface area contributed by atoms with E-state index in [1.807, 2.05) is 43.3 Å². The monoisotopic (exact) mass is 292 g/mol. The van der Waals surface area contributed by atoms with Crippen molar-refractivity contribution in [2.45, 2.75) is 13.2 Å². The summed E-state index contributed by atoms with van der Waals surface area (Å²) in [6, 6.07) is 20.6. The number of rotatable bonds is 5. The molecule has 22 heavy (non-hydrogen) atoms. The Morgan fingerprint density at radius 3 is 2.41 bits per heavy atom. The molecule has 112 valence electrons. The van der Waals surface area contributed by atoms with E-state index in [-0.39, 0.29) is 0 Å². The van der Waals surface area contributed by atoms with E-state index in [1.165, 1.54) is 16.3 Å². The van der Waals surface area contributed by atoms with Gasteiger partial charge in [-0.25, -0.2) is 4.98 Å². The fraction of sp³-hybridized carbons (Fsp3) is 0.211. The zero-order chi connectivity index (χ0) is 15.4. The maximum Gasteiger partial charge on any atom is 0.136 e. The van der Waals surface area contributed by atoms with Crippen molar-refractivity contribution in [3.8, 4) is 0 Å². The van der Waals surface area contributed by atoms with Crippen LogP contribution >= 0.6 is 0 Å². The summed E-state index contributed by atoms with van der Waals surface area (Å²) in [6.07, 6.45) is 0. The first-order valence-corrected chi connectivity index (χ1v) is 7.42. The number of nitrogens with zero attached hydrogens (tertiary/aromatic N) is 2. The van der Waals surface area contributed by atoms with Gasteiger partial charge in [-0.1, -0.05) is 54.6 Å². The van der Waals surface area contributed by atoms with E-state index in [2.05, 4.69) is 36.4 Å². The molecule has 0 spiro atoms. The molecule has 0 bridgehead atoms. The molecule has 3 nitrogen and oxygen atoms in total. The molecule has 0 aliphatic rings. The van der Waals surface area contributed by atoms with Crippen molar-refractivity contribution in [1.29, 1.82) is 0 Å². The standard InChI is InChI=1S/C19H20N2O/c1-21(2)19-18-11-7-6-10-16(18)12-17(20-19)14-22-13-15-8-4-3-5-9-15/h3-12H,13-14H2,1-2H3. The second-order valence-electron chi connectivity index (χ2n) is 5.53. The quantitative estimate of drug-likeness (QED) is 0.710. The molecule has 2 aromatic carbocycles. The van der Waals surface area contributed by atoms with Gasteiger partial charge in [0.05, 0.1) is 18.9 Å². The summed E-state index contributed by atoms with van der Waals surface area (Å²) in [4.78, 5) is 6.78. The van der Waals surface area contributed by atoms with E-state index >= 15 is 0 Å². The molecule has 0 fully saturated rings. The molecule has 0 N–H and O–H groups in total. The van der Waals surface area contributed by atoms with Crippen molar-refractivity contribution in [2.75, 3.05) is 19.0 Å². The van der Waals surface area contributed by atoms with E-state index in [1.54, 1.807) is 0 Å². The second-order valence-corrected chi connectivity index (χ2v) is 5.53. The molecule has 0 amide bonds. The van der Waals surface area contributed by atoms with Crippen molar-refractivity contribution in [3.63, 3.8) is 0 Å². The minimum atomic E-state index is 0.514.